The van der Waals surface area contributed by atoms with Crippen LogP contribution in [0.3, 0.4) is 0 Å². The minimum atomic E-state index is -0.186. The van der Waals surface area contributed by atoms with Crippen molar-refractivity contribution in [2.24, 2.45) is 0 Å². The molecule has 1 heterocycles. The Morgan fingerprint density at radius 2 is 1.39 bits per heavy atom. The second kappa shape index (κ2) is 7.71. The smallest absolute Gasteiger partial charge is 0.123 e. The van der Waals surface area contributed by atoms with E-state index in [9.17, 15) is 4.39 Å². The Hall–Kier alpha value is -1.71. The Bertz CT molecular complexity index is 599. The fraction of sp³-hybridized carbons (Fsp3) is 0.400. The number of benzene rings is 2. The van der Waals surface area contributed by atoms with Crippen molar-refractivity contribution in [3.05, 3.63) is 59.9 Å². The van der Waals surface area contributed by atoms with Gasteiger partial charge in [0.2, 0.25) is 0 Å². The summed E-state index contributed by atoms with van der Waals surface area (Å²) in [5, 5.41) is 0. The van der Waals surface area contributed by atoms with Gasteiger partial charge in [-0.3, -0.25) is 0 Å². The third-order valence-corrected chi connectivity index (χ3v) is 4.67. The van der Waals surface area contributed by atoms with Crippen LogP contribution in [0.1, 0.15) is 12.0 Å². The minimum Gasteiger partial charge on any atom is -0.304 e. The van der Waals surface area contributed by atoms with Crippen molar-refractivity contribution in [1.82, 2.24) is 9.80 Å². The number of likely N-dealkylation sites (N-methyl/N-ethyl adjacent to an activating group) is 1. The molecule has 1 saturated heterocycles. The first-order valence-corrected chi connectivity index (χ1v) is 8.46. The van der Waals surface area contributed by atoms with Gasteiger partial charge in [-0.2, -0.15) is 0 Å². The highest BCUT2D eigenvalue weighted by Crippen LogP contribution is 2.20. The summed E-state index contributed by atoms with van der Waals surface area (Å²) in [5.74, 6) is -0.186. The molecule has 2 aromatic rings. The van der Waals surface area contributed by atoms with Gasteiger partial charge in [0.25, 0.3) is 0 Å². The molecule has 1 fully saturated rings. The number of rotatable bonds is 5. The molecule has 1 aliphatic rings. The maximum atomic E-state index is 13.0. The van der Waals surface area contributed by atoms with E-state index in [2.05, 4.69) is 41.1 Å². The first-order valence-electron chi connectivity index (χ1n) is 8.46. The molecular weight excluding hydrogens is 287 g/mol. The van der Waals surface area contributed by atoms with Crippen molar-refractivity contribution in [2.75, 3.05) is 39.8 Å². The zero-order valence-electron chi connectivity index (χ0n) is 13.8. The standard InChI is InChI=1S/C20H25FN2/c1-22-13-15-23(16-14-22)12-2-3-17-4-6-18(7-5-17)19-8-10-20(21)11-9-19/h4-11H,2-3,12-16H2,1H3. The van der Waals surface area contributed by atoms with Crippen LogP contribution in [0.5, 0.6) is 0 Å². The van der Waals surface area contributed by atoms with Gasteiger partial charge in [0.1, 0.15) is 5.82 Å². The number of nitrogens with zero attached hydrogens (tertiary/aromatic N) is 2. The Balaban J connectivity index is 1.49. The number of hydrogen-bond donors (Lipinski definition) is 0. The monoisotopic (exact) mass is 312 g/mol. The summed E-state index contributed by atoms with van der Waals surface area (Å²) in [7, 11) is 2.19. The minimum absolute atomic E-state index is 0.186. The van der Waals surface area contributed by atoms with E-state index in [0.717, 1.165) is 17.5 Å². The van der Waals surface area contributed by atoms with Crippen LogP contribution in [0.15, 0.2) is 48.5 Å². The highest BCUT2D eigenvalue weighted by molar-refractivity contribution is 5.63. The number of aryl methyl sites for hydroxylation is 1. The van der Waals surface area contributed by atoms with E-state index in [-0.39, 0.29) is 5.82 Å². The second-order valence-electron chi connectivity index (χ2n) is 6.45. The lowest BCUT2D eigenvalue weighted by Crippen LogP contribution is -2.44. The first-order chi connectivity index (χ1) is 11.2. The van der Waals surface area contributed by atoms with Gasteiger partial charge in [0, 0.05) is 26.2 Å². The highest BCUT2D eigenvalue weighted by atomic mass is 19.1. The maximum absolute atomic E-state index is 13.0. The Labute approximate surface area is 138 Å². The van der Waals surface area contributed by atoms with E-state index >= 15 is 0 Å². The summed E-state index contributed by atoms with van der Waals surface area (Å²) in [6.07, 6.45) is 2.33. The third kappa shape index (κ3) is 4.63. The molecule has 0 aromatic heterocycles. The fourth-order valence-electron chi connectivity index (χ4n) is 3.08. The second-order valence-corrected chi connectivity index (χ2v) is 6.45. The normalized spacial score (nSPS) is 16.6. The molecule has 23 heavy (non-hydrogen) atoms. The van der Waals surface area contributed by atoms with Crippen molar-refractivity contribution in [2.45, 2.75) is 12.8 Å². The molecule has 3 rings (SSSR count). The number of piperazine rings is 1. The molecule has 3 heteroatoms. The average molecular weight is 312 g/mol. The van der Waals surface area contributed by atoms with Crippen LogP contribution in [0, 0.1) is 5.82 Å². The van der Waals surface area contributed by atoms with Gasteiger partial charge in [-0.05, 0) is 55.3 Å². The van der Waals surface area contributed by atoms with Gasteiger partial charge < -0.3 is 9.80 Å². The molecular formula is C20H25FN2. The van der Waals surface area contributed by atoms with Crippen LogP contribution >= 0.6 is 0 Å². The maximum Gasteiger partial charge on any atom is 0.123 e. The summed E-state index contributed by atoms with van der Waals surface area (Å²) in [4.78, 5) is 4.96. The predicted molar refractivity (Wildman–Crippen MR) is 94.1 cm³/mol. The molecule has 0 N–H and O–H groups in total. The zero-order chi connectivity index (χ0) is 16.1. The fourth-order valence-corrected chi connectivity index (χ4v) is 3.08. The molecule has 122 valence electrons. The molecule has 0 atom stereocenters. The molecule has 0 unspecified atom stereocenters. The van der Waals surface area contributed by atoms with Crippen LogP contribution in [-0.4, -0.2) is 49.6 Å². The Morgan fingerprint density at radius 1 is 0.826 bits per heavy atom. The summed E-state index contributed by atoms with van der Waals surface area (Å²) in [6, 6.07) is 15.4. The van der Waals surface area contributed by atoms with E-state index in [1.165, 1.54) is 56.8 Å². The third-order valence-electron chi connectivity index (χ3n) is 4.67. The summed E-state index contributed by atoms with van der Waals surface area (Å²) < 4.78 is 13.0. The largest absolute Gasteiger partial charge is 0.304 e. The molecule has 2 nitrogen and oxygen atoms in total. The predicted octanol–water partition coefficient (Wildman–Crippen LogP) is 3.67. The van der Waals surface area contributed by atoms with Crippen molar-refractivity contribution in [1.29, 1.82) is 0 Å². The lowest BCUT2D eigenvalue weighted by molar-refractivity contribution is 0.153. The van der Waals surface area contributed by atoms with Gasteiger partial charge in [0.05, 0.1) is 0 Å². The van der Waals surface area contributed by atoms with Crippen LogP contribution in [0.2, 0.25) is 0 Å². The Morgan fingerprint density at radius 3 is 2.00 bits per heavy atom. The SMILES string of the molecule is CN1CCN(CCCc2ccc(-c3ccc(F)cc3)cc2)CC1. The summed E-state index contributed by atoms with van der Waals surface area (Å²) in [5.41, 5.74) is 3.59. The van der Waals surface area contributed by atoms with Crippen molar-refractivity contribution < 1.29 is 4.39 Å². The summed E-state index contributed by atoms with van der Waals surface area (Å²) in [6.45, 7) is 5.95. The van der Waals surface area contributed by atoms with Gasteiger partial charge in [-0.15, -0.1) is 0 Å². The van der Waals surface area contributed by atoms with Crippen LogP contribution < -0.4 is 0 Å². The lowest BCUT2D eigenvalue weighted by atomic mass is 10.0. The van der Waals surface area contributed by atoms with Crippen LogP contribution in [0.25, 0.3) is 11.1 Å². The van der Waals surface area contributed by atoms with Crippen molar-refractivity contribution in [3.8, 4) is 11.1 Å². The van der Waals surface area contributed by atoms with Gasteiger partial charge in [-0.25, -0.2) is 4.39 Å². The van der Waals surface area contributed by atoms with Crippen molar-refractivity contribution in [3.63, 3.8) is 0 Å². The van der Waals surface area contributed by atoms with Gasteiger partial charge in [-0.1, -0.05) is 36.4 Å². The van der Waals surface area contributed by atoms with E-state index in [4.69, 9.17) is 0 Å². The molecule has 0 aliphatic carbocycles. The Kier molecular flexibility index (Phi) is 5.42. The van der Waals surface area contributed by atoms with E-state index in [0.29, 0.717) is 0 Å². The molecule has 0 saturated carbocycles. The molecule has 0 amide bonds. The first kappa shape index (κ1) is 16.2. The van der Waals surface area contributed by atoms with E-state index < -0.39 is 0 Å². The molecule has 1 aliphatic heterocycles. The average Bonchev–Trinajstić information content (AvgIpc) is 2.58. The highest BCUT2D eigenvalue weighted by Gasteiger charge is 2.12. The van der Waals surface area contributed by atoms with Crippen LogP contribution in [0.4, 0.5) is 4.39 Å². The molecule has 0 radical (unpaired) electrons. The molecule has 0 bridgehead atoms. The molecule has 0 spiro atoms. The topological polar surface area (TPSA) is 6.48 Å². The zero-order valence-corrected chi connectivity index (χ0v) is 13.8. The van der Waals surface area contributed by atoms with E-state index in [1.54, 1.807) is 0 Å². The quantitative estimate of drug-likeness (QED) is 0.831. The summed E-state index contributed by atoms with van der Waals surface area (Å²) >= 11 is 0. The van der Waals surface area contributed by atoms with Gasteiger partial charge in [0.15, 0.2) is 0 Å². The molecule has 2 aromatic carbocycles. The number of halogens is 1. The van der Waals surface area contributed by atoms with Crippen LogP contribution in [-0.2, 0) is 6.42 Å². The van der Waals surface area contributed by atoms with Crippen molar-refractivity contribution >= 4 is 0 Å². The lowest BCUT2D eigenvalue weighted by Gasteiger charge is -2.32. The number of hydrogen-bond acceptors (Lipinski definition) is 2. The van der Waals surface area contributed by atoms with E-state index in [1.807, 2.05) is 12.1 Å². The van der Waals surface area contributed by atoms with Gasteiger partial charge >= 0.3 is 0 Å².